The van der Waals surface area contributed by atoms with Crippen molar-refractivity contribution in [1.82, 2.24) is 9.88 Å². The fraction of sp³-hybridized carbons (Fsp3) is 0.286. The number of nitrogens with zero attached hydrogens (tertiary/aromatic N) is 2. The second-order valence-electron chi connectivity index (χ2n) is 6.82. The minimum absolute atomic E-state index is 0.0202. The summed E-state index contributed by atoms with van der Waals surface area (Å²) in [4.78, 5) is 6.90. The van der Waals surface area contributed by atoms with Crippen molar-refractivity contribution in [1.29, 1.82) is 0 Å². The Balaban J connectivity index is 1.50. The summed E-state index contributed by atoms with van der Waals surface area (Å²) in [6, 6.07) is 13.2. The molecule has 0 bridgehead atoms. The molecule has 158 valence electrons. The molecule has 1 aromatic heterocycles. The molecule has 1 saturated heterocycles. The number of aromatic nitrogens is 1. The van der Waals surface area contributed by atoms with Gasteiger partial charge in [-0.1, -0.05) is 41.9 Å². The molecule has 1 aliphatic heterocycles. The number of hydrogen-bond donors (Lipinski definition) is 2. The second kappa shape index (κ2) is 10.5. The van der Waals surface area contributed by atoms with Crippen LogP contribution in [0.15, 0.2) is 58.9 Å². The summed E-state index contributed by atoms with van der Waals surface area (Å²) in [5, 5.41) is 6.50. The van der Waals surface area contributed by atoms with E-state index in [1.807, 2.05) is 23.6 Å². The van der Waals surface area contributed by atoms with Crippen molar-refractivity contribution < 1.29 is 9.13 Å². The van der Waals surface area contributed by atoms with Gasteiger partial charge in [-0.15, -0.1) is 11.3 Å². The van der Waals surface area contributed by atoms with Gasteiger partial charge in [0.15, 0.2) is 5.13 Å². The second-order valence-corrected chi connectivity index (χ2v) is 8.97. The van der Waals surface area contributed by atoms with Crippen LogP contribution in [-0.4, -0.2) is 42.7 Å². The first-order valence-electron chi connectivity index (χ1n) is 9.62. The molecule has 3 aromatic rings. The maximum Gasteiger partial charge on any atom is 0.192 e. The van der Waals surface area contributed by atoms with Crippen molar-refractivity contribution in [2.75, 3.05) is 42.9 Å². The highest BCUT2D eigenvalue weighted by Crippen LogP contribution is 2.34. The molecule has 0 unspecified atom stereocenters. The zero-order chi connectivity index (χ0) is 20.8. The number of ether oxygens (including phenoxy) is 1. The van der Waals surface area contributed by atoms with E-state index in [4.69, 9.17) is 16.3 Å². The smallest absolute Gasteiger partial charge is 0.192 e. The third-order valence-electron chi connectivity index (χ3n) is 4.78. The van der Waals surface area contributed by atoms with E-state index >= 15 is 0 Å². The van der Waals surface area contributed by atoms with Crippen molar-refractivity contribution in [2.24, 2.45) is 0 Å². The maximum atomic E-state index is 14.8. The summed E-state index contributed by atoms with van der Waals surface area (Å²) in [5.74, 6) is -0.339. The van der Waals surface area contributed by atoms with Crippen LogP contribution in [0, 0.1) is 5.82 Å². The van der Waals surface area contributed by atoms with Crippen molar-refractivity contribution >= 4 is 45.7 Å². The summed E-state index contributed by atoms with van der Waals surface area (Å²) in [6.45, 7) is 4.01. The predicted octanol–water partition coefficient (Wildman–Crippen LogP) is 5.54. The van der Waals surface area contributed by atoms with Crippen LogP contribution in [0.3, 0.4) is 0 Å². The minimum atomic E-state index is -0.339. The van der Waals surface area contributed by atoms with Gasteiger partial charge in [0.05, 0.1) is 34.9 Å². The van der Waals surface area contributed by atoms with Gasteiger partial charge in [0.1, 0.15) is 5.82 Å². The van der Waals surface area contributed by atoms with Crippen molar-refractivity contribution in [2.45, 2.75) is 10.9 Å². The van der Waals surface area contributed by atoms with E-state index in [9.17, 15) is 4.39 Å². The van der Waals surface area contributed by atoms with E-state index in [2.05, 4.69) is 32.1 Å². The number of halogens is 2. The summed E-state index contributed by atoms with van der Waals surface area (Å²) in [7, 11) is 0. The molecular formula is C21H22ClFN4OS2. The van der Waals surface area contributed by atoms with E-state index in [1.54, 1.807) is 12.3 Å². The van der Waals surface area contributed by atoms with Crippen LogP contribution in [-0.2, 0) is 4.74 Å². The molecule has 5 nitrogen and oxygen atoms in total. The van der Waals surface area contributed by atoms with Gasteiger partial charge in [-0.05, 0) is 29.6 Å². The zero-order valence-electron chi connectivity index (χ0n) is 16.2. The molecular weight excluding hydrogens is 443 g/mol. The lowest BCUT2D eigenvalue weighted by atomic mass is 10.1. The highest BCUT2D eigenvalue weighted by atomic mass is 35.5. The average molecular weight is 465 g/mol. The quantitative estimate of drug-likeness (QED) is 0.427. The molecule has 0 radical (unpaired) electrons. The summed E-state index contributed by atoms with van der Waals surface area (Å²) in [5.41, 5.74) is 1.71. The van der Waals surface area contributed by atoms with E-state index in [0.717, 1.165) is 50.4 Å². The predicted molar refractivity (Wildman–Crippen MR) is 123 cm³/mol. The average Bonchev–Trinajstić information content (AvgIpc) is 3.29. The Morgan fingerprint density at radius 3 is 2.77 bits per heavy atom. The van der Waals surface area contributed by atoms with Gasteiger partial charge in [-0.3, -0.25) is 4.90 Å². The maximum absolute atomic E-state index is 14.8. The summed E-state index contributed by atoms with van der Waals surface area (Å²) < 4.78 is 23.3. The SMILES string of the molecule is Fc1cc(N[C@H](CN2CCOCC2)c2ccccc2)c(Cl)cc1SNc1nccs1. The van der Waals surface area contributed by atoms with E-state index in [0.29, 0.717) is 20.7 Å². The molecule has 0 saturated carbocycles. The van der Waals surface area contributed by atoms with Gasteiger partial charge in [0.2, 0.25) is 0 Å². The Morgan fingerprint density at radius 1 is 1.23 bits per heavy atom. The zero-order valence-corrected chi connectivity index (χ0v) is 18.6. The number of nitrogens with one attached hydrogen (secondary N) is 2. The Hall–Kier alpha value is -1.84. The first-order chi connectivity index (χ1) is 14.7. The molecule has 0 aliphatic carbocycles. The number of rotatable bonds is 8. The Morgan fingerprint density at radius 2 is 2.03 bits per heavy atom. The first kappa shape index (κ1) is 21.4. The van der Waals surface area contributed by atoms with Gasteiger partial charge in [0, 0.05) is 31.2 Å². The summed E-state index contributed by atoms with van der Waals surface area (Å²) in [6.07, 6.45) is 1.70. The minimum Gasteiger partial charge on any atom is -0.379 e. The molecule has 9 heteroatoms. The normalized spacial score (nSPS) is 15.7. The van der Waals surface area contributed by atoms with Crippen LogP contribution in [0.2, 0.25) is 5.02 Å². The Kier molecular flexibility index (Phi) is 7.46. The van der Waals surface area contributed by atoms with E-state index in [-0.39, 0.29) is 11.9 Å². The molecule has 0 amide bonds. The number of anilines is 2. The van der Waals surface area contributed by atoms with E-state index in [1.165, 1.54) is 17.4 Å². The fourth-order valence-corrected chi connectivity index (χ4v) is 4.80. The molecule has 4 rings (SSSR count). The van der Waals surface area contributed by atoms with Gasteiger partial charge in [0.25, 0.3) is 0 Å². The topological polar surface area (TPSA) is 49.4 Å². The van der Waals surface area contributed by atoms with Crippen molar-refractivity contribution in [3.05, 3.63) is 70.4 Å². The van der Waals surface area contributed by atoms with Crippen molar-refractivity contribution in [3.8, 4) is 0 Å². The number of hydrogen-bond acceptors (Lipinski definition) is 7. The fourth-order valence-electron chi connectivity index (χ4n) is 3.24. The number of thiazole rings is 1. The third-order valence-corrected chi connectivity index (χ3v) is 6.74. The number of benzene rings is 2. The molecule has 2 aromatic carbocycles. The lowest BCUT2D eigenvalue weighted by Crippen LogP contribution is -2.40. The van der Waals surface area contributed by atoms with Gasteiger partial charge in [-0.2, -0.15) is 0 Å². The van der Waals surface area contributed by atoms with Crippen LogP contribution in [0.4, 0.5) is 15.2 Å². The molecule has 30 heavy (non-hydrogen) atoms. The molecule has 0 spiro atoms. The highest BCUT2D eigenvalue weighted by Gasteiger charge is 2.20. The van der Waals surface area contributed by atoms with Crippen LogP contribution in [0.5, 0.6) is 0 Å². The molecule has 2 heterocycles. The first-order valence-corrected chi connectivity index (χ1v) is 11.7. The third kappa shape index (κ3) is 5.65. The van der Waals surface area contributed by atoms with E-state index < -0.39 is 0 Å². The molecule has 2 N–H and O–H groups in total. The lowest BCUT2D eigenvalue weighted by molar-refractivity contribution is 0.0361. The highest BCUT2D eigenvalue weighted by molar-refractivity contribution is 8.00. The lowest BCUT2D eigenvalue weighted by Gasteiger charge is -2.31. The largest absolute Gasteiger partial charge is 0.379 e. The Bertz CT molecular complexity index is 940. The standard InChI is InChI=1S/C21H22ClFN4OS2/c22-16-12-20(30-26-21-24-6-11-29-21)17(23)13-18(16)25-19(15-4-2-1-3-5-15)14-27-7-9-28-10-8-27/h1-6,11-13,19,25H,7-10,14H2,(H,24,26)/t19-/m1/s1. The van der Waals surface area contributed by atoms with Crippen molar-refractivity contribution in [3.63, 3.8) is 0 Å². The summed E-state index contributed by atoms with van der Waals surface area (Å²) >= 11 is 9.13. The van der Waals surface area contributed by atoms with Crippen LogP contribution in [0.1, 0.15) is 11.6 Å². The van der Waals surface area contributed by atoms with Crippen LogP contribution < -0.4 is 10.0 Å². The van der Waals surface area contributed by atoms with Crippen LogP contribution >= 0.6 is 34.9 Å². The molecule has 1 fully saturated rings. The Labute approximate surface area is 188 Å². The monoisotopic (exact) mass is 464 g/mol. The molecule has 1 aliphatic rings. The van der Waals surface area contributed by atoms with Gasteiger partial charge >= 0.3 is 0 Å². The van der Waals surface area contributed by atoms with Gasteiger partial charge < -0.3 is 14.8 Å². The van der Waals surface area contributed by atoms with Gasteiger partial charge in [-0.25, -0.2) is 9.37 Å². The number of morpholine rings is 1. The molecule has 1 atom stereocenters. The van der Waals surface area contributed by atoms with Crippen LogP contribution in [0.25, 0.3) is 0 Å².